The molecule has 2 aromatic carbocycles. The largest absolute Gasteiger partial charge is 0.479 e. The summed E-state index contributed by atoms with van der Waals surface area (Å²) < 4.78 is 12.4. The number of esters is 1. The van der Waals surface area contributed by atoms with Crippen LogP contribution in [0.4, 0.5) is 5.69 Å². The second-order valence-corrected chi connectivity index (χ2v) is 7.03. The Bertz CT molecular complexity index is 1040. The summed E-state index contributed by atoms with van der Waals surface area (Å²) in [4.78, 5) is 24.5. The third kappa shape index (κ3) is 5.05. The first-order valence-electron chi connectivity index (χ1n) is 9.66. The Hall–Kier alpha value is -3.61. The van der Waals surface area contributed by atoms with Crippen molar-refractivity contribution in [1.82, 2.24) is 9.78 Å². The molecule has 156 valence electrons. The molecule has 3 aromatic rings. The maximum atomic E-state index is 12.3. The lowest BCUT2D eigenvalue weighted by atomic mass is 10.2. The fourth-order valence-corrected chi connectivity index (χ4v) is 3.01. The Morgan fingerprint density at radius 2 is 1.80 bits per heavy atom. The molecule has 1 atom stereocenters. The number of ether oxygens (including phenoxy) is 2. The van der Waals surface area contributed by atoms with Crippen molar-refractivity contribution in [3.63, 3.8) is 0 Å². The summed E-state index contributed by atoms with van der Waals surface area (Å²) >= 11 is 0. The van der Waals surface area contributed by atoms with Crippen molar-refractivity contribution in [3.05, 3.63) is 71.5 Å². The number of benzene rings is 2. The topological polar surface area (TPSA) is 82.4 Å². The first kappa shape index (κ1) is 21.1. The molecule has 0 bridgehead atoms. The van der Waals surface area contributed by atoms with Crippen molar-refractivity contribution >= 4 is 17.6 Å². The van der Waals surface area contributed by atoms with E-state index in [-0.39, 0.29) is 0 Å². The van der Waals surface area contributed by atoms with Crippen molar-refractivity contribution in [2.24, 2.45) is 0 Å². The van der Waals surface area contributed by atoms with Gasteiger partial charge in [0.05, 0.1) is 22.8 Å². The summed E-state index contributed by atoms with van der Waals surface area (Å²) in [6, 6.07) is 17.0. The third-order valence-corrected chi connectivity index (χ3v) is 4.54. The van der Waals surface area contributed by atoms with Gasteiger partial charge in [0.1, 0.15) is 5.75 Å². The Labute approximate surface area is 175 Å². The van der Waals surface area contributed by atoms with Gasteiger partial charge in [-0.1, -0.05) is 30.3 Å². The molecule has 0 fully saturated rings. The van der Waals surface area contributed by atoms with E-state index in [2.05, 4.69) is 10.4 Å². The minimum atomic E-state index is -0.830. The SMILES string of the molecule is Cc1cccc(O[C@H](C)C(=O)OCC(=O)Nc2c(C)nn(-c3ccccc3)c2C)c1. The number of nitrogens with zero attached hydrogens (tertiary/aromatic N) is 2. The van der Waals surface area contributed by atoms with Crippen LogP contribution in [0.25, 0.3) is 5.69 Å². The van der Waals surface area contributed by atoms with E-state index in [0.717, 1.165) is 16.9 Å². The van der Waals surface area contributed by atoms with E-state index in [0.29, 0.717) is 17.1 Å². The highest BCUT2D eigenvalue weighted by Gasteiger charge is 2.20. The van der Waals surface area contributed by atoms with Gasteiger partial charge in [0.2, 0.25) is 0 Å². The number of aromatic nitrogens is 2. The number of carbonyl (C=O) groups is 2. The Morgan fingerprint density at radius 1 is 1.07 bits per heavy atom. The smallest absolute Gasteiger partial charge is 0.347 e. The van der Waals surface area contributed by atoms with Gasteiger partial charge in [0.25, 0.3) is 5.91 Å². The van der Waals surface area contributed by atoms with Gasteiger partial charge in [0.15, 0.2) is 12.7 Å². The van der Waals surface area contributed by atoms with Crippen LogP contribution in [0, 0.1) is 20.8 Å². The zero-order valence-electron chi connectivity index (χ0n) is 17.5. The maximum Gasteiger partial charge on any atom is 0.347 e. The Balaban J connectivity index is 1.57. The highest BCUT2D eigenvalue weighted by atomic mass is 16.6. The quantitative estimate of drug-likeness (QED) is 0.603. The molecule has 0 saturated heterocycles. The molecule has 1 heterocycles. The normalized spacial score (nSPS) is 11.6. The number of nitrogens with one attached hydrogen (secondary N) is 1. The number of aryl methyl sites for hydroxylation is 2. The average molecular weight is 407 g/mol. The standard InChI is InChI=1S/C23H25N3O4/c1-15-9-8-12-20(13-15)30-18(4)23(28)29-14-21(27)24-22-16(2)25-26(17(22)3)19-10-6-5-7-11-19/h5-13,18H,14H2,1-4H3,(H,24,27)/t18-/m1/s1. The number of rotatable bonds is 7. The summed E-state index contributed by atoms with van der Waals surface area (Å²) in [6.07, 6.45) is -0.830. The fourth-order valence-electron chi connectivity index (χ4n) is 3.01. The summed E-state index contributed by atoms with van der Waals surface area (Å²) in [5.74, 6) is -0.478. The lowest BCUT2D eigenvalue weighted by molar-refractivity contribution is -0.153. The predicted molar refractivity (Wildman–Crippen MR) is 114 cm³/mol. The Kier molecular flexibility index (Phi) is 6.51. The number of hydrogen-bond acceptors (Lipinski definition) is 5. The molecule has 0 aliphatic carbocycles. The highest BCUT2D eigenvalue weighted by Crippen LogP contribution is 2.22. The second kappa shape index (κ2) is 9.26. The van der Waals surface area contributed by atoms with Crippen LogP contribution in [0.5, 0.6) is 5.75 Å². The van der Waals surface area contributed by atoms with Gasteiger partial charge >= 0.3 is 5.97 Å². The van der Waals surface area contributed by atoms with Crippen LogP contribution in [-0.2, 0) is 14.3 Å². The zero-order valence-corrected chi connectivity index (χ0v) is 17.5. The molecule has 7 heteroatoms. The van der Waals surface area contributed by atoms with Crippen LogP contribution in [0.3, 0.4) is 0 Å². The van der Waals surface area contributed by atoms with Crippen LogP contribution >= 0.6 is 0 Å². The molecule has 0 radical (unpaired) electrons. The van der Waals surface area contributed by atoms with Crippen molar-refractivity contribution in [3.8, 4) is 11.4 Å². The molecule has 0 spiro atoms. The maximum absolute atomic E-state index is 12.3. The summed E-state index contributed by atoms with van der Waals surface area (Å²) in [6.45, 7) is 6.79. The molecule has 1 aromatic heterocycles. The molecular formula is C23H25N3O4. The lowest BCUT2D eigenvalue weighted by Crippen LogP contribution is -2.30. The molecular weight excluding hydrogens is 382 g/mol. The van der Waals surface area contributed by atoms with Crippen molar-refractivity contribution in [2.75, 3.05) is 11.9 Å². The van der Waals surface area contributed by atoms with E-state index in [1.807, 2.05) is 69.3 Å². The molecule has 30 heavy (non-hydrogen) atoms. The Morgan fingerprint density at radius 3 is 2.50 bits per heavy atom. The van der Waals surface area contributed by atoms with E-state index in [1.165, 1.54) is 0 Å². The number of hydrogen-bond donors (Lipinski definition) is 1. The van der Waals surface area contributed by atoms with Gasteiger partial charge in [0, 0.05) is 0 Å². The minimum Gasteiger partial charge on any atom is -0.479 e. The van der Waals surface area contributed by atoms with Crippen LogP contribution in [0.1, 0.15) is 23.9 Å². The molecule has 0 unspecified atom stereocenters. The molecule has 0 aliphatic heterocycles. The van der Waals surface area contributed by atoms with E-state index < -0.39 is 24.6 Å². The monoisotopic (exact) mass is 407 g/mol. The summed E-state index contributed by atoms with van der Waals surface area (Å²) in [7, 11) is 0. The van der Waals surface area contributed by atoms with Gasteiger partial charge in [-0.05, 0) is 57.5 Å². The molecule has 0 saturated carbocycles. The van der Waals surface area contributed by atoms with E-state index in [1.54, 1.807) is 17.7 Å². The van der Waals surface area contributed by atoms with Gasteiger partial charge < -0.3 is 14.8 Å². The number of amides is 1. The highest BCUT2D eigenvalue weighted by molar-refractivity contribution is 5.94. The van der Waals surface area contributed by atoms with E-state index in [9.17, 15) is 9.59 Å². The number of para-hydroxylation sites is 1. The number of carbonyl (C=O) groups excluding carboxylic acids is 2. The molecule has 0 aliphatic rings. The third-order valence-electron chi connectivity index (χ3n) is 4.54. The first-order valence-corrected chi connectivity index (χ1v) is 9.66. The van der Waals surface area contributed by atoms with Crippen molar-refractivity contribution < 1.29 is 19.1 Å². The van der Waals surface area contributed by atoms with Gasteiger partial charge in [-0.15, -0.1) is 0 Å². The fraction of sp³-hybridized carbons (Fsp3) is 0.261. The molecule has 1 amide bonds. The van der Waals surface area contributed by atoms with Gasteiger partial charge in [-0.25, -0.2) is 9.48 Å². The average Bonchev–Trinajstić information content (AvgIpc) is 3.01. The zero-order chi connectivity index (χ0) is 21.7. The van der Waals surface area contributed by atoms with Crippen LogP contribution in [-0.4, -0.2) is 34.4 Å². The number of anilines is 1. The van der Waals surface area contributed by atoms with Crippen molar-refractivity contribution in [2.45, 2.75) is 33.8 Å². The summed E-state index contributed by atoms with van der Waals surface area (Å²) in [5.41, 5.74) is 3.98. The molecule has 1 N–H and O–H groups in total. The van der Waals surface area contributed by atoms with Gasteiger partial charge in [-0.3, -0.25) is 4.79 Å². The first-order chi connectivity index (χ1) is 14.3. The second-order valence-electron chi connectivity index (χ2n) is 7.03. The lowest BCUT2D eigenvalue weighted by Gasteiger charge is -2.14. The van der Waals surface area contributed by atoms with Crippen LogP contribution in [0.15, 0.2) is 54.6 Å². The van der Waals surface area contributed by atoms with E-state index in [4.69, 9.17) is 9.47 Å². The van der Waals surface area contributed by atoms with E-state index >= 15 is 0 Å². The minimum absolute atomic E-state index is 0.407. The van der Waals surface area contributed by atoms with Crippen LogP contribution < -0.4 is 10.1 Å². The van der Waals surface area contributed by atoms with Crippen molar-refractivity contribution in [1.29, 1.82) is 0 Å². The predicted octanol–water partition coefficient (Wildman–Crippen LogP) is 3.75. The molecule has 7 nitrogen and oxygen atoms in total. The van der Waals surface area contributed by atoms with Crippen LogP contribution in [0.2, 0.25) is 0 Å². The molecule has 3 rings (SSSR count). The summed E-state index contributed by atoms with van der Waals surface area (Å²) in [5, 5.41) is 7.26. The van der Waals surface area contributed by atoms with Gasteiger partial charge in [-0.2, -0.15) is 5.10 Å².